The van der Waals surface area contributed by atoms with E-state index in [1.54, 1.807) is 13.8 Å². The van der Waals surface area contributed by atoms with Crippen LogP contribution in [0.4, 0.5) is 5.69 Å². The monoisotopic (exact) mass is 261 g/mol. The van der Waals surface area contributed by atoms with Crippen molar-refractivity contribution in [1.29, 1.82) is 0 Å². The van der Waals surface area contributed by atoms with Crippen molar-refractivity contribution in [2.75, 3.05) is 5.73 Å². The fraction of sp³-hybridized carbons (Fsp3) is 0.429. The molecule has 1 aromatic heterocycles. The van der Waals surface area contributed by atoms with Crippen molar-refractivity contribution >= 4 is 5.69 Å². The van der Waals surface area contributed by atoms with Gasteiger partial charge in [0.2, 0.25) is 11.7 Å². The second kappa shape index (κ2) is 5.01. The Balaban J connectivity index is 2.14. The molecule has 19 heavy (non-hydrogen) atoms. The fourth-order valence-electron chi connectivity index (χ4n) is 1.67. The van der Waals surface area contributed by atoms with Crippen molar-refractivity contribution in [3.05, 3.63) is 29.7 Å². The summed E-state index contributed by atoms with van der Waals surface area (Å²) in [5.74, 6) is 1.05. The van der Waals surface area contributed by atoms with E-state index in [1.807, 2.05) is 25.1 Å². The normalized spacial score (nSPS) is 11.8. The number of hydrogen-bond acceptors (Lipinski definition) is 5. The Kier molecular flexibility index (Phi) is 3.57. The van der Waals surface area contributed by atoms with Crippen LogP contribution in [0.25, 0.3) is 11.4 Å². The third kappa shape index (κ3) is 3.54. The van der Waals surface area contributed by atoms with Crippen LogP contribution in [-0.2, 0) is 6.42 Å². The largest absolute Gasteiger partial charge is 0.398 e. The van der Waals surface area contributed by atoms with Gasteiger partial charge in [-0.05, 0) is 38.8 Å². The minimum atomic E-state index is -0.733. The number of aliphatic hydroxyl groups is 1. The molecular weight excluding hydrogens is 242 g/mol. The molecule has 2 rings (SSSR count). The van der Waals surface area contributed by atoms with Gasteiger partial charge in [0.1, 0.15) is 0 Å². The van der Waals surface area contributed by atoms with Gasteiger partial charge in [-0.3, -0.25) is 0 Å². The van der Waals surface area contributed by atoms with E-state index in [0.29, 0.717) is 30.2 Å². The van der Waals surface area contributed by atoms with Gasteiger partial charge in [0, 0.05) is 17.7 Å². The summed E-state index contributed by atoms with van der Waals surface area (Å²) in [6, 6.07) is 5.67. The third-order valence-corrected chi connectivity index (χ3v) is 2.96. The lowest BCUT2D eigenvalue weighted by Crippen LogP contribution is -2.19. The maximum Gasteiger partial charge on any atom is 0.227 e. The average molecular weight is 261 g/mol. The summed E-state index contributed by atoms with van der Waals surface area (Å²) >= 11 is 0. The molecule has 5 heteroatoms. The number of hydrogen-bond donors (Lipinski definition) is 2. The molecule has 1 aromatic carbocycles. The number of nitrogens with two attached hydrogens (primary N) is 1. The van der Waals surface area contributed by atoms with E-state index in [4.69, 9.17) is 10.3 Å². The molecule has 0 aliphatic carbocycles. The van der Waals surface area contributed by atoms with Gasteiger partial charge in [-0.15, -0.1) is 0 Å². The first-order valence-electron chi connectivity index (χ1n) is 6.26. The standard InChI is InChI=1S/C14H19N3O2/c1-9-4-5-10(8-11(9)15)13-16-12(19-17-13)6-7-14(2,3)18/h4-5,8,18H,6-7,15H2,1-3H3. The first-order chi connectivity index (χ1) is 8.85. The van der Waals surface area contributed by atoms with Crippen LogP contribution < -0.4 is 5.73 Å². The van der Waals surface area contributed by atoms with E-state index in [2.05, 4.69) is 10.1 Å². The number of aromatic nitrogens is 2. The molecule has 0 bridgehead atoms. The van der Waals surface area contributed by atoms with E-state index < -0.39 is 5.60 Å². The summed E-state index contributed by atoms with van der Waals surface area (Å²) in [5, 5.41) is 13.6. The van der Waals surface area contributed by atoms with Crippen LogP contribution in [0, 0.1) is 6.92 Å². The summed E-state index contributed by atoms with van der Waals surface area (Å²) in [6.45, 7) is 5.46. The van der Waals surface area contributed by atoms with Gasteiger partial charge in [0.05, 0.1) is 5.60 Å². The number of nitrogen functional groups attached to an aromatic ring is 1. The van der Waals surface area contributed by atoms with Gasteiger partial charge in [0.25, 0.3) is 0 Å². The highest BCUT2D eigenvalue weighted by Gasteiger charge is 2.16. The molecule has 0 saturated heterocycles. The highest BCUT2D eigenvalue weighted by molar-refractivity contribution is 5.63. The van der Waals surface area contributed by atoms with E-state index in [9.17, 15) is 5.11 Å². The van der Waals surface area contributed by atoms with Crippen molar-refractivity contribution < 1.29 is 9.63 Å². The van der Waals surface area contributed by atoms with Crippen molar-refractivity contribution in [3.8, 4) is 11.4 Å². The van der Waals surface area contributed by atoms with Crippen LogP contribution in [-0.4, -0.2) is 20.8 Å². The van der Waals surface area contributed by atoms with Crippen molar-refractivity contribution in [1.82, 2.24) is 10.1 Å². The summed E-state index contributed by atoms with van der Waals surface area (Å²) in [4.78, 5) is 4.31. The van der Waals surface area contributed by atoms with Crippen LogP contribution in [0.2, 0.25) is 0 Å². The second-order valence-corrected chi connectivity index (χ2v) is 5.40. The molecule has 0 radical (unpaired) electrons. The molecule has 0 saturated carbocycles. The van der Waals surface area contributed by atoms with E-state index in [0.717, 1.165) is 11.1 Å². The van der Waals surface area contributed by atoms with Gasteiger partial charge >= 0.3 is 0 Å². The van der Waals surface area contributed by atoms with E-state index >= 15 is 0 Å². The van der Waals surface area contributed by atoms with Crippen LogP contribution in [0.5, 0.6) is 0 Å². The highest BCUT2D eigenvalue weighted by atomic mass is 16.5. The Morgan fingerprint density at radius 3 is 2.74 bits per heavy atom. The number of rotatable bonds is 4. The molecule has 1 heterocycles. The molecule has 102 valence electrons. The zero-order chi connectivity index (χ0) is 14.0. The Morgan fingerprint density at radius 1 is 1.37 bits per heavy atom. The molecule has 0 atom stereocenters. The van der Waals surface area contributed by atoms with Gasteiger partial charge < -0.3 is 15.4 Å². The number of anilines is 1. The zero-order valence-corrected chi connectivity index (χ0v) is 11.5. The lowest BCUT2D eigenvalue weighted by molar-refractivity contribution is 0.0689. The van der Waals surface area contributed by atoms with Crippen LogP contribution >= 0.6 is 0 Å². The van der Waals surface area contributed by atoms with Crippen molar-refractivity contribution in [3.63, 3.8) is 0 Å². The predicted molar refractivity (Wildman–Crippen MR) is 73.5 cm³/mol. The molecule has 2 aromatic rings. The summed E-state index contributed by atoms with van der Waals surface area (Å²) in [6.07, 6.45) is 1.13. The van der Waals surface area contributed by atoms with E-state index in [1.165, 1.54) is 0 Å². The Labute approximate surface area is 112 Å². The smallest absolute Gasteiger partial charge is 0.227 e. The maximum atomic E-state index is 9.66. The van der Waals surface area contributed by atoms with Crippen molar-refractivity contribution in [2.45, 2.75) is 39.2 Å². The van der Waals surface area contributed by atoms with Gasteiger partial charge in [-0.1, -0.05) is 17.3 Å². The van der Waals surface area contributed by atoms with Crippen LogP contribution in [0.1, 0.15) is 31.7 Å². The summed E-state index contributed by atoms with van der Waals surface area (Å²) in [7, 11) is 0. The molecule has 0 amide bonds. The van der Waals surface area contributed by atoms with Gasteiger partial charge in [-0.2, -0.15) is 4.98 Å². The Bertz CT molecular complexity index is 570. The minimum Gasteiger partial charge on any atom is -0.398 e. The van der Waals surface area contributed by atoms with Gasteiger partial charge in [0.15, 0.2) is 0 Å². The zero-order valence-electron chi connectivity index (χ0n) is 11.5. The molecule has 3 N–H and O–H groups in total. The summed E-state index contributed by atoms with van der Waals surface area (Å²) < 4.78 is 5.17. The average Bonchev–Trinajstić information content (AvgIpc) is 2.78. The lowest BCUT2D eigenvalue weighted by Gasteiger charge is -2.14. The van der Waals surface area contributed by atoms with Crippen LogP contribution in [0.3, 0.4) is 0 Å². The van der Waals surface area contributed by atoms with E-state index in [-0.39, 0.29) is 0 Å². The highest BCUT2D eigenvalue weighted by Crippen LogP contribution is 2.22. The topological polar surface area (TPSA) is 85.2 Å². The molecular formula is C14H19N3O2. The second-order valence-electron chi connectivity index (χ2n) is 5.40. The predicted octanol–water partition coefficient (Wildman–Crippen LogP) is 2.33. The number of nitrogens with zero attached hydrogens (tertiary/aromatic N) is 2. The minimum absolute atomic E-state index is 0.524. The number of aryl methyl sites for hydroxylation is 2. The molecule has 0 aliphatic heterocycles. The van der Waals surface area contributed by atoms with Crippen molar-refractivity contribution in [2.24, 2.45) is 0 Å². The molecule has 5 nitrogen and oxygen atoms in total. The summed E-state index contributed by atoms with van der Waals surface area (Å²) in [5.41, 5.74) is 7.69. The lowest BCUT2D eigenvalue weighted by atomic mass is 10.0. The Morgan fingerprint density at radius 2 is 2.11 bits per heavy atom. The molecule has 0 aliphatic rings. The quantitative estimate of drug-likeness (QED) is 0.825. The first-order valence-corrected chi connectivity index (χ1v) is 6.26. The number of benzene rings is 1. The first kappa shape index (κ1) is 13.5. The maximum absolute atomic E-state index is 9.66. The van der Waals surface area contributed by atoms with Gasteiger partial charge in [-0.25, -0.2) is 0 Å². The molecule has 0 unspecified atom stereocenters. The molecule has 0 fully saturated rings. The molecule has 0 spiro atoms. The fourth-order valence-corrected chi connectivity index (χ4v) is 1.67. The Hall–Kier alpha value is -1.88. The van der Waals surface area contributed by atoms with Crippen LogP contribution in [0.15, 0.2) is 22.7 Å². The third-order valence-electron chi connectivity index (χ3n) is 2.96. The SMILES string of the molecule is Cc1ccc(-c2noc(CCC(C)(C)O)n2)cc1N.